The molecule has 4 nitrogen and oxygen atoms in total. The summed E-state index contributed by atoms with van der Waals surface area (Å²) in [6.45, 7) is 9.08. The summed E-state index contributed by atoms with van der Waals surface area (Å²) >= 11 is 0. The van der Waals surface area contributed by atoms with E-state index in [2.05, 4.69) is 20.7 Å². The van der Waals surface area contributed by atoms with Crippen molar-refractivity contribution >= 4 is 5.91 Å². The van der Waals surface area contributed by atoms with E-state index in [9.17, 15) is 4.79 Å². The molecule has 20 heavy (non-hydrogen) atoms. The predicted octanol–water partition coefficient (Wildman–Crippen LogP) is 2.04. The number of hydrogen-bond donors (Lipinski definition) is 1. The summed E-state index contributed by atoms with van der Waals surface area (Å²) in [7, 11) is 4.17. The molecule has 4 heteroatoms. The summed E-state index contributed by atoms with van der Waals surface area (Å²) in [6.07, 6.45) is 6.82. The molecular formula is C16H33N2O2+. The summed E-state index contributed by atoms with van der Waals surface area (Å²) in [5, 5.41) is 9.02. The van der Waals surface area contributed by atoms with E-state index >= 15 is 0 Å². The zero-order chi connectivity index (χ0) is 15.4. The van der Waals surface area contributed by atoms with Crippen molar-refractivity contribution in [2.24, 2.45) is 0 Å². The number of nitrogens with zero attached hydrogens (tertiary/aromatic N) is 2. The number of hydrogen-bond acceptors (Lipinski definition) is 2. The Balaban J connectivity index is 3.99. The normalized spacial score (nSPS) is 11.4. The lowest BCUT2D eigenvalue weighted by Crippen LogP contribution is -2.48. The third-order valence-corrected chi connectivity index (χ3v) is 3.71. The second kappa shape index (κ2) is 10.9. The summed E-state index contributed by atoms with van der Waals surface area (Å²) in [6, 6.07) is 0. The van der Waals surface area contributed by atoms with Gasteiger partial charge in [-0.15, -0.1) is 6.58 Å². The summed E-state index contributed by atoms with van der Waals surface area (Å²) < 4.78 is 0.750. The average molecular weight is 285 g/mol. The van der Waals surface area contributed by atoms with E-state index in [1.807, 2.05) is 17.9 Å². The predicted molar refractivity (Wildman–Crippen MR) is 84.5 cm³/mol. The van der Waals surface area contributed by atoms with Crippen LogP contribution in [0.15, 0.2) is 12.7 Å². The van der Waals surface area contributed by atoms with Crippen LogP contribution in [0.4, 0.5) is 0 Å². The minimum absolute atomic E-state index is 0.191. The van der Waals surface area contributed by atoms with E-state index in [0.717, 1.165) is 56.3 Å². The minimum Gasteiger partial charge on any atom is -0.391 e. The molecule has 118 valence electrons. The number of carbonyl (C=O) groups is 1. The Hall–Kier alpha value is -0.870. The molecule has 1 amide bonds. The van der Waals surface area contributed by atoms with Crippen LogP contribution in [0.5, 0.6) is 0 Å². The molecule has 0 spiro atoms. The van der Waals surface area contributed by atoms with Crippen molar-refractivity contribution in [1.29, 1.82) is 0 Å². The van der Waals surface area contributed by atoms with Crippen LogP contribution in [0.1, 0.15) is 39.0 Å². The Morgan fingerprint density at radius 3 is 2.50 bits per heavy atom. The van der Waals surface area contributed by atoms with Gasteiger partial charge in [-0.3, -0.25) is 4.79 Å². The van der Waals surface area contributed by atoms with E-state index in [1.54, 1.807) is 0 Å². The number of unbranched alkanes of at least 4 members (excludes halogenated alkanes) is 3. The van der Waals surface area contributed by atoms with E-state index in [-0.39, 0.29) is 12.5 Å². The first kappa shape index (κ1) is 19.1. The van der Waals surface area contributed by atoms with Crippen molar-refractivity contribution in [2.75, 3.05) is 46.9 Å². The Labute approximate surface area is 124 Å². The van der Waals surface area contributed by atoms with Gasteiger partial charge in [-0.05, 0) is 26.2 Å². The van der Waals surface area contributed by atoms with Crippen LogP contribution in [0.2, 0.25) is 0 Å². The lowest BCUT2D eigenvalue weighted by atomic mass is 10.1. The molecule has 0 radical (unpaired) electrons. The Morgan fingerprint density at radius 2 is 1.95 bits per heavy atom. The second-order valence-corrected chi connectivity index (χ2v) is 5.97. The van der Waals surface area contributed by atoms with Crippen LogP contribution in [0.3, 0.4) is 0 Å². The van der Waals surface area contributed by atoms with Crippen molar-refractivity contribution in [1.82, 2.24) is 4.90 Å². The quantitative estimate of drug-likeness (QED) is 0.339. The zero-order valence-corrected chi connectivity index (χ0v) is 13.6. The van der Waals surface area contributed by atoms with Gasteiger partial charge in [0, 0.05) is 13.0 Å². The van der Waals surface area contributed by atoms with E-state index < -0.39 is 0 Å². The van der Waals surface area contributed by atoms with Crippen molar-refractivity contribution in [2.45, 2.75) is 39.0 Å². The number of amides is 1. The van der Waals surface area contributed by atoms with Gasteiger partial charge in [-0.25, -0.2) is 0 Å². The average Bonchev–Trinajstić information content (AvgIpc) is 2.39. The first-order valence-electron chi connectivity index (χ1n) is 7.78. The summed E-state index contributed by atoms with van der Waals surface area (Å²) in [5.41, 5.74) is 0. The zero-order valence-electron chi connectivity index (χ0n) is 13.6. The highest BCUT2D eigenvalue weighted by Crippen LogP contribution is 2.07. The first-order valence-corrected chi connectivity index (χ1v) is 7.78. The van der Waals surface area contributed by atoms with Gasteiger partial charge >= 0.3 is 0 Å². The number of quaternary nitrogens is 1. The molecule has 0 atom stereocenters. The lowest BCUT2D eigenvalue weighted by Gasteiger charge is -2.32. The number of allylic oxidation sites excluding steroid dienone is 1. The Kier molecular flexibility index (Phi) is 10.4. The van der Waals surface area contributed by atoms with Crippen molar-refractivity contribution < 1.29 is 14.4 Å². The molecule has 0 bridgehead atoms. The van der Waals surface area contributed by atoms with Gasteiger partial charge in [-0.2, -0.15) is 0 Å². The van der Waals surface area contributed by atoms with Crippen molar-refractivity contribution in [3.8, 4) is 0 Å². The maximum Gasteiger partial charge on any atom is 0.222 e. The molecule has 0 saturated heterocycles. The first-order chi connectivity index (χ1) is 9.46. The standard InChI is InChI=1S/C16H33N2O2/c1-5-7-8-9-10-11-16(20)17(6-2)12-13-18(3,4)14-15-19/h5,19H,1,6-15H2,2-4H3/q+1. The molecule has 0 unspecified atom stereocenters. The highest BCUT2D eigenvalue weighted by molar-refractivity contribution is 5.76. The van der Waals surface area contributed by atoms with E-state index in [4.69, 9.17) is 5.11 Å². The highest BCUT2D eigenvalue weighted by Gasteiger charge is 2.18. The molecule has 1 N–H and O–H groups in total. The van der Waals surface area contributed by atoms with Crippen molar-refractivity contribution in [3.05, 3.63) is 12.7 Å². The maximum absolute atomic E-state index is 12.1. The Morgan fingerprint density at radius 1 is 1.25 bits per heavy atom. The number of rotatable bonds is 12. The fraction of sp³-hybridized carbons (Fsp3) is 0.812. The van der Waals surface area contributed by atoms with Gasteiger partial charge in [-0.1, -0.05) is 12.5 Å². The van der Waals surface area contributed by atoms with Gasteiger partial charge < -0.3 is 14.5 Å². The second-order valence-electron chi connectivity index (χ2n) is 5.97. The van der Waals surface area contributed by atoms with Gasteiger partial charge in [0.25, 0.3) is 0 Å². The number of aliphatic hydroxyl groups excluding tert-OH is 1. The smallest absolute Gasteiger partial charge is 0.222 e. The number of carbonyl (C=O) groups excluding carboxylic acids is 1. The molecule has 0 aliphatic heterocycles. The molecule has 0 aromatic carbocycles. The van der Waals surface area contributed by atoms with Crippen LogP contribution in [0, 0.1) is 0 Å². The van der Waals surface area contributed by atoms with Crippen LogP contribution in [-0.2, 0) is 4.79 Å². The largest absolute Gasteiger partial charge is 0.391 e. The highest BCUT2D eigenvalue weighted by atomic mass is 16.3. The monoisotopic (exact) mass is 285 g/mol. The van der Waals surface area contributed by atoms with Crippen LogP contribution in [0.25, 0.3) is 0 Å². The Bertz CT molecular complexity index is 278. The molecule has 0 saturated carbocycles. The van der Waals surface area contributed by atoms with Crippen LogP contribution >= 0.6 is 0 Å². The van der Waals surface area contributed by atoms with Gasteiger partial charge in [0.1, 0.15) is 6.54 Å². The lowest BCUT2D eigenvalue weighted by molar-refractivity contribution is -0.890. The van der Waals surface area contributed by atoms with Crippen LogP contribution in [-0.4, -0.2) is 67.3 Å². The van der Waals surface area contributed by atoms with Gasteiger partial charge in [0.05, 0.1) is 33.8 Å². The molecule has 0 aromatic heterocycles. The third kappa shape index (κ3) is 9.10. The van der Waals surface area contributed by atoms with Crippen molar-refractivity contribution in [3.63, 3.8) is 0 Å². The summed E-state index contributed by atoms with van der Waals surface area (Å²) in [4.78, 5) is 14.1. The molecule has 0 aliphatic rings. The SMILES string of the molecule is C=CCCCCCC(=O)N(CC)CC[N+](C)(C)CCO. The summed E-state index contributed by atoms with van der Waals surface area (Å²) in [5.74, 6) is 0.259. The van der Waals surface area contributed by atoms with Gasteiger partial charge in [0.2, 0.25) is 5.91 Å². The van der Waals surface area contributed by atoms with Crippen LogP contribution < -0.4 is 0 Å². The molecule has 0 heterocycles. The molecular weight excluding hydrogens is 252 g/mol. The molecule has 0 aliphatic carbocycles. The molecule has 0 rings (SSSR count). The minimum atomic E-state index is 0.191. The fourth-order valence-electron chi connectivity index (χ4n) is 2.13. The number of likely N-dealkylation sites (N-methyl/N-ethyl adjacent to an activating group) is 2. The fourth-order valence-corrected chi connectivity index (χ4v) is 2.13. The molecule has 0 fully saturated rings. The number of aliphatic hydroxyl groups is 1. The van der Waals surface area contributed by atoms with E-state index in [1.165, 1.54) is 0 Å². The molecule has 0 aromatic rings. The van der Waals surface area contributed by atoms with E-state index in [0.29, 0.717) is 6.42 Å². The maximum atomic E-state index is 12.1. The van der Waals surface area contributed by atoms with Gasteiger partial charge in [0.15, 0.2) is 0 Å². The topological polar surface area (TPSA) is 40.5 Å². The third-order valence-electron chi connectivity index (χ3n) is 3.71.